The molecule has 24 heavy (non-hydrogen) atoms. The van der Waals surface area contributed by atoms with E-state index in [0.29, 0.717) is 5.75 Å². The van der Waals surface area contributed by atoms with Crippen molar-refractivity contribution in [2.24, 2.45) is 7.05 Å². The molecule has 2 N–H and O–H groups in total. The first-order chi connectivity index (χ1) is 11.5. The van der Waals surface area contributed by atoms with Gasteiger partial charge in [0, 0.05) is 38.1 Å². The van der Waals surface area contributed by atoms with E-state index in [2.05, 4.69) is 10.2 Å². The molecule has 1 atom stereocenters. The highest BCUT2D eigenvalue weighted by molar-refractivity contribution is 5.95. The number of carbonyl (C=O) groups is 1. The predicted molar refractivity (Wildman–Crippen MR) is 94.0 cm³/mol. The summed E-state index contributed by atoms with van der Waals surface area (Å²) in [6.07, 6.45) is 3.99. The fourth-order valence-corrected chi connectivity index (χ4v) is 3.34. The number of hydrogen-bond acceptors (Lipinski definition) is 3. The number of phenolic OH excluding ortho intramolecular Hbond substituents is 1. The molecule has 0 spiro atoms. The second-order valence-corrected chi connectivity index (χ2v) is 6.64. The molecule has 0 bridgehead atoms. The van der Waals surface area contributed by atoms with Crippen molar-refractivity contribution < 1.29 is 9.90 Å². The number of hydrogen-bond donors (Lipinski definition) is 2. The highest BCUT2D eigenvalue weighted by Gasteiger charge is 2.23. The third-order valence-corrected chi connectivity index (χ3v) is 4.79. The Morgan fingerprint density at radius 1 is 1.38 bits per heavy atom. The topological polar surface area (TPSA) is 57.5 Å². The fourth-order valence-electron chi connectivity index (χ4n) is 3.34. The summed E-state index contributed by atoms with van der Waals surface area (Å²) in [5.74, 6) is 0.311. The van der Waals surface area contributed by atoms with E-state index < -0.39 is 0 Å². The van der Waals surface area contributed by atoms with Crippen LogP contribution in [0.2, 0.25) is 0 Å². The molecule has 3 rings (SSSR count). The average Bonchev–Trinajstić information content (AvgIpc) is 2.87. The van der Waals surface area contributed by atoms with Crippen molar-refractivity contribution in [3.8, 4) is 5.75 Å². The van der Waals surface area contributed by atoms with Gasteiger partial charge in [0.05, 0.1) is 5.56 Å². The highest BCUT2D eigenvalue weighted by atomic mass is 16.3. The molecule has 1 aliphatic rings. The van der Waals surface area contributed by atoms with Gasteiger partial charge in [-0.1, -0.05) is 12.1 Å². The Morgan fingerprint density at radius 3 is 2.92 bits per heavy atom. The standard InChI is InChI=1S/C19H25N3O2/c1-14-18(8-10-21(14)2)19(24)20-16-6-4-9-22(13-16)12-15-5-3-7-17(23)11-15/h3,5,7-8,10-11,16,23H,4,6,9,12-13H2,1-2H3,(H,20,24)/t16-/m0/s1. The number of aromatic hydroxyl groups is 1. The van der Waals surface area contributed by atoms with Gasteiger partial charge in [-0.15, -0.1) is 0 Å². The Kier molecular flexibility index (Phi) is 4.90. The third-order valence-electron chi connectivity index (χ3n) is 4.79. The van der Waals surface area contributed by atoms with Crippen LogP contribution in [0.1, 0.15) is 34.5 Å². The molecule has 2 aromatic rings. The van der Waals surface area contributed by atoms with Crippen molar-refractivity contribution in [3.63, 3.8) is 0 Å². The molecule has 0 aliphatic carbocycles. The molecule has 1 amide bonds. The molecule has 1 saturated heterocycles. The van der Waals surface area contributed by atoms with Crippen molar-refractivity contribution in [1.82, 2.24) is 14.8 Å². The quantitative estimate of drug-likeness (QED) is 0.907. The lowest BCUT2D eigenvalue weighted by atomic mass is 10.0. The second-order valence-electron chi connectivity index (χ2n) is 6.64. The van der Waals surface area contributed by atoms with Gasteiger partial charge in [-0.05, 0) is 50.1 Å². The minimum absolute atomic E-state index is 0.0114. The van der Waals surface area contributed by atoms with Gasteiger partial charge in [0.2, 0.25) is 0 Å². The highest BCUT2D eigenvalue weighted by Crippen LogP contribution is 2.17. The Hall–Kier alpha value is -2.27. The van der Waals surface area contributed by atoms with E-state index in [1.165, 1.54) is 0 Å². The van der Waals surface area contributed by atoms with E-state index in [-0.39, 0.29) is 11.9 Å². The first kappa shape index (κ1) is 16.6. The minimum Gasteiger partial charge on any atom is -0.508 e. The number of amides is 1. The van der Waals surface area contributed by atoms with Crippen LogP contribution in [0, 0.1) is 6.92 Å². The lowest BCUT2D eigenvalue weighted by Crippen LogP contribution is -2.47. The van der Waals surface area contributed by atoms with E-state index in [1.54, 1.807) is 12.1 Å². The lowest BCUT2D eigenvalue weighted by molar-refractivity contribution is 0.0900. The lowest BCUT2D eigenvalue weighted by Gasteiger charge is -2.33. The molecule has 1 fully saturated rings. The second kappa shape index (κ2) is 7.09. The maximum Gasteiger partial charge on any atom is 0.253 e. The molecule has 1 aromatic heterocycles. The van der Waals surface area contributed by atoms with Crippen LogP contribution in [-0.4, -0.2) is 39.6 Å². The van der Waals surface area contributed by atoms with E-state index in [0.717, 1.165) is 49.3 Å². The first-order valence-electron chi connectivity index (χ1n) is 8.46. The third kappa shape index (κ3) is 3.79. The SMILES string of the molecule is Cc1c(C(=O)N[C@H]2CCCN(Cc3cccc(O)c3)C2)ccn1C. The van der Waals surface area contributed by atoms with E-state index in [1.807, 2.05) is 42.9 Å². The van der Waals surface area contributed by atoms with Crippen molar-refractivity contribution >= 4 is 5.91 Å². The number of benzene rings is 1. The summed E-state index contributed by atoms with van der Waals surface area (Å²) in [6, 6.07) is 9.42. The summed E-state index contributed by atoms with van der Waals surface area (Å²) in [4.78, 5) is 14.8. The molecule has 128 valence electrons. The number of likely N-dealkylation sites (tertiary alicyclic amines) is 1. The molecule has 0 radical (unpaired) electrons. The van der Waals surface area contributed by atoms with Gasteiger partial charge >= 0.3 is 0 Å². The molecule has 5 heteroatoms. The average molecular weight is 327 g/mol. The number of aryl methyl sites for hydroxylation is 1. The Bertz CT molecular complexity index is 723. The molecular formula is C19H25N3O2. The van der Waals surface area contributed by atoms with E-state index >= 15 is 0 Å². The van der Waals surface area contributed by atoms with Crippen LogP contribution >= 0.6 is 0 Å². The Morgan fingerprint density at radius 2 is 2.21 bits per heavy atom. The van der Waals surface area contributed by atoms with Gasteiger partial charge in [-0.25, -0.2) is 0 Å². The smallest absolute Gasteiger partial charge is 0.253 e. The van der Waals surface area contributed by atoms with Crippen LogP contribution in [0.4, 0.5) is 0 Å². The summed E-state index contributed by atoms with van der Waals surface area (Å²) in [5.41, 5.74) is 2.84. The van der Waals surface area contributed by atoms with Crippen LogP contribution in [0.3, 0.4) is 0 Å². The summed E-state index contributed by atoms with van der Waals surface area (Å²) in [7, 11) is 1.95. The van der Waals surface area contributed by atoms with Crippen LogP contribution < -0.4 is 5.32 Å². The summed E-state index contributed by atoms with van der Waals surface area (Å²) >= 11 is 0. The van der Waals surface area contributed by atoms with Crippen molar-refractivity contribution in [3.05, 3.63) is 53.3 Å². The number of piperidine rings is 1. The number of rotatable bonds is 4. The zero-order chi connectivity index (χ0) is 17.1. The van der Waals surface area contributed by atoms with Crippen molar-refractivity contribution in [2.45, 2.75) is 32.4 Å². The fraction of sp³-hybridized carbons (Fsp3) is 0.421. The largest absolute Gasteiger partial charge is 0.508 e. The van der Waals surface area contributed by atoms with Gasteiger partial charge in [0.15, 0.2) is 0 Å². The van der Waals surface area contributed by atoms with E-state index in [9.17, 15) is 9.90 Å². The number of nitrogens with zero attached hydrogens (tertiary/aromatic N) is 2. The summed E-state index contributed by atoms with van der Waals surface area (Å²) in [6.45, 7) is 4.62. The van der Waals surface area contributed by atoms with Gasteiger partial charge in [-0.3, -0.25) is 9.69 Å². The van der Waals surface area contributed by atoms with Crippen molar-refractivity contribution in [2.75, 3.05) is 13.1 Å². The molecule has 1 aliphatic heterocycles. The molecule has 2 heterocycles. The van der Waals surface area contributed by atoms with Gasteiger partial charge in [-0.2, -0.15) is 0 Å². The zero-order valence-electron chi connectivity index (χ0n) is 14.3. The monoisotopic (exact) mass is 327 g/mol. The van der Waals surface area contributed by atoms with Crippen LogP contribution in [0.25, 0.3) is 0 Å². The van der Waals surface area contributed by atoms with Crippen LogP contribution in [0.5, 0.6) is 5.75 Å². The van der Waals surface area contributed by atoms with Gasteiger partial charge in [0.1, 0.15) is 5.75 Å². The molecule has 0 saturated carbocycles. The van der Waals surface area contributed by atoms with Gasteiger partial charge < -0.3 is 15.0 Å². The molecule has 0 unspecified atom stereocenters. The zero-order valence-corrected chi connectivity index (χ0v) is 14.3. The van der Waals surface area contributed by atoms with Crippen LogP contribution in [-0.2, 0) is 13.6 Å². The summed E-state index contributed by atoms with van der Waals surface area (Å²) in [5, 5.41) is 12.8. The number of phenols is 1. The normalized spacial score (nSPS) is 18.5. The van der Waals surface area contributed by atoms with Gasteiger partial charge in [0.25, 0.3) is 5.91 Å². The summed E-state index contributed by atoms with van der Waals surface area (Å²) < 4.78 is 1.96. The predicted octanol–water partition coefficient (Wildman–Crippen LogP) is 2.43. The number of carbonyl (C=O) groups excluding carboxylic acids is 1. The van der Waals surface area contributed by atoms with Crippen LogP contribution in [0.15, 0.2) is 36.5 Å². The number of nitrogens with one attached hydrogen (secondary N) is 1. The molecular weight excluding hydrogens is 302 g/mol. The maximum atomic E-state index is 12.5. The minimum atomic E-state index is 0.0114. The Balaban J connectivity index is 1.59. The maximum absolute atomic E-state index is 12.5. The molecule has 1 aromatic carbocycles. The Labute approximate surface area is 142 Å². The first-order valence-corrected chi connectivity index (χ1v) is 8.46. The molecule has 5 nitrogen and oxygen atoms in total. The number of aromatic nitrogens is 1. The van der Waals surface area contributed by atoms with E-state index in [4.69, 9.17) is 0 Å². The van der Waals surface area contributed by atoms with Crippen molar-refractivity contribution in [1.29, 1.82) is 0 Å².